The SMILES string of the molecule is O=C(CCN1CCN(c2ccccc2)CC1)NC1c2ccccc2CC1O. The molecule has 0 bridgehead atoms. The van der Waals surface area contributed by atoms with Crippen LogP contribution in [0.4, 0.5) is 5.69 Å². The van der Waals surface area contributed by atoms with Gasteiger partial charge in [0.05, 0.1) is 12.1 Å². The fraction of sp³-hybridized carbons (Fsp3) is 0.409. The van der Waals surface area contributed by atoms with Crippen LogP contribution >= 0.6 is 0 Å². The van der Waals surface area contributed by atoms with Crippen LogP contribution in [-0.4, -0.2) is 54.7 Å². The number of aliphatic hydroxyl groups is 1. The number of nitrogens with one attached hydrogen (secondary N) is 1. The zero-order chi connectivity index (χ0) is 18.6. The Balaban J connectivity index is 1.24. The van der Waals surface area contributed by atoms with E-state index >= 15 is 0 Å². The quantitative estimate of drug-likeness (QED) is 0.851. The van der Waals surface area contributed by atoms with E-state index in [0.29, 0.717) is 12.8 Å². The first-order valence-corrected chi connectivity index (χ1v) is 9.78. The monoisotopic (exact) mass is 365 g/mol. The molecular weight excluding hydrogens is 338 g/mol. The van der Waals surface area contributed by atoms with E-state index in [1.165, 1.54) is 5.69 Å². The summed E-state index contributed by atoms with van der Waals surface area (Å²) in [5.74, 6) is 0.0150. The van der Waals surface area contributed by atoms with Gasteiger partial charge in [-0.1, -0.05) is 42.5 Å². The highest BCUT2D eigenvalue weighted by Crippen LogP contribution is 2.31. The molecule has 2 aromatic rings. The summed E-state index contributed by atoms with van der Waals surface area (Å²) >= 11 is 0. The standard InChI is InChI=1S/C22H27N3O2/c26-20-16-17-6-4-5-9-19(17)22(20)23-21(27)10-11-24-12-14-25(15-13-24)18-7-2-1-3-8-18/h1-9,20,22,26H,10-16H2,(H,23,27). The Bertz CT molecular complexity index is 772. The van der Waals surface area contributed by atoms with Gasteiger partial charge in [0, 0.05) is 51.3 Å². The van der Waals surface area contributed by atoms with E-state index in [-0.39, 0.29) is 11.9 Å². The number of carbonyl (C=O) groups excluding carboxylic acids is 1. The van der Waals surface area contributed by atoms with E-state index in [1.807, 2.05) is 30.3 Å². The molecule has 1 saturated heterocycles. The van der Waals surface area contributed by atoms with Gasteiger partial charge in [-0.2, -0.15) is 0 Å². The topological polar surface area (TPSA) is 55.8 Å². The Labute approximate surface area is 160 Å². The maximum absolute atomic E-state index is 12.4. The van der Waals surface area contributed by atoms with E-state index < -0.39 is 6.10 Å². The van der Waals surface area contributed by atoms with Gasteiger partial charge < -0.3 is 15.3 Å². The third-order valence-corrected chi connectivity index (χ3v) is 5.67. The minimum absolute atomic E-state index is 0.0150. The first kappa shape index (κ1) is 18.0. The van der Waals surface area contributed by atoms with Crippen molar-refractivity contribution in [2.45, 2.75) is 25.0 Å². The van der Waals surface area contributed by atoms with Crippen molar-refractivity contribution in [2.75, 3.05) is 37.6 Å². The molecule has 5 heteroatoms. The fourth-order valence-electron chi connectivity index (χ4n) is 4.12. The van der Waals surface area contributed by atoms with Crippen molar-refractivity contribution in [1.29, 1.82) is 0 Å². The van der Waals surface area contributed by atoms with Gasteiger partial charge >= 0.3 is 0 Å². The van der Waals surface area contributed by atoms with Gasteiger partial charge in [-0.25, -0.2) is 0 Å². The molecule has 1 heterocycles. The van der Waals surface area contributed by atoms with Crippen molar-refractivity contribution >= 4 is 11.6 Å². The van der Waals surface area contributed by atoms with Gasteiger partial charge in [0.25, 0.3) is 0 Å². The smallest absolute Gasteiger partial charge is 0.221 e. The third-order valence-electron chi connectivity index (χ3n) is 5.67. The lowest BCUT2D eigenvalue weighted by molar-refractivity contribution is -0.123. The number of para-hydroxylation sites is 1. The van der Waals surface area contributed by atoms with Crippen molar-refractivity contribution in [2.24, 2.45) is 0 Å². The summed E-state index contributed by atoms with van der Waals surface area (Å²) in [6.07, 6.45) is 0.556. The average molecular weight is 365 g/mol. The molecule has 2 aromatic carbocycles. The molecule has 2 N–H and O–H groups in total. The molecule has 27 heavy (non-hydrogen) atoms. The van der Waals surface area contributed by atoms with E-state index in [1.54, 1.807) is 0 Å². The zero-order valence-corrected chi connectivity index (χ0v) is 15.6. The molecule has 0 saturated carbocycles. The van der Waals surface area contributed by atoms with Crippen molar-refractivity contribution in [1.82, 2.24) is 10.2 Å². The molecule has 4 rings (SSSR count). The van der Waals surface area contributed by atoms with E-state index in [0.717, 1.165) is 43.9 Å². The normalized spacial score (nSPS) is 22.5. The average Bonchev–Trinajstić information content (AvgIpc) is 3.03. The molecule has 2 unspecified atom stereocenters. The number of anilines is 1. The van der Waals surface area contributed by atoms with Crippen molar-refractivity contribution in [3.8, 4) is 0 Å². The predicted molar refractivity (Wildman–Crippen MR) is 107 cm³/mol. The van der Waals surface area contributed by atoms with E-state index in [9.17, 15) is 9.90 Å². The van der Waals surface area contributed by atoms with Crippen LogP contribution in [0.15, 0.2) is 54.6 Å². The number of hydrogen-bond acceptors (Lipinski definition) is 4. The lowest BCUT2D eigenvalue weighted by Crippen LogP contribution is -2.47. The Morgan fingerprint density at radius 1 is 1.00 bits per heavy atom. The molecule has 1 fully saturated rings. The largest absolute Gasteiger partial charge is 0.390 e. The number of aliphatic hydroxyl groups excluding tert-OH is 1. The number of nitrogens with zero attached hydrogens (tertiary/aromatic N) is 2. The predicted octanol–water partition coefficient (Wildman–Crippen LogP) is 1.97. The number of fused-ring (bicyclic) bond motifs is 1. The minimum Gasteiger partial charge on any atom is -0.390 e. The summed E-state index contributed by atoms with van der Waals surface area (Å²) in [6.45, 7) is 4.67. The number of rotatable bonds is 5. The first-order chi connectivity index (χ1) is 13.2. The second-order valence-electron chi connectivity index (χ2n) is 7.43. The van der Waals surface area contributed by atoms with Gasteiger partial charge in [-0.05, 0) is 23.3 Å². The summed E-state index contributed by atoms with van der Waals surface area (Å²) in [7, 11) is 0. The van der Waals surface area contributed by atoms with Gasteiger partial charge in [-0.15, -0.1) is 0 Å². The molecule has 1 aliphatic heterocycles. The Kier molecular flexibility index (Phi) is 5.41. The van der Waals surface area contributed by atoms with E-state index in [2.05, 4.69) is 39.4 Å². The van der Waals surface area contributed by atoms with Crippen LogP contribution < -0.4 is 10.2 Å². The van der Waals surface area contributed by atoms with Gasteiger partial charge in [0.15, 0.2) is 0 Å². The molecule has 2 atom stereocenters. The maximum Gasteiger partial charge on any atom is 0.221 e. The van der Waals surface area contributed by atoms with Crippen LogP contribution in [0.1, 0.15) is 23.6 Å². The zero-order valence-electron chi connectivity index (χ0n) is 15.6. The Hall–Kier alpha value is -2.37. The number of benzene rings is 2. The number of carbonyl (C=O) groups is 1. The molecule has 0 spiro atoms. The molecule has 5 nitrogen and oxygen atoms in total. The summed E-state index contributed by atoms with van der Waals surface area (Å²) in [4.78, 5) is 17.2. The molecule has 0 aromatic heterocycles. The second-order valence-corrected chi connectivity index (χ2v) is 7.43. The first-order valence-electron chi connectivity index (χ1n) is 9.78. The fourth-order valence-corrected chi connectivity index (χ4v) is 4.12. The van der Waals surface area contributed by atoms with E-state index in [4.69, 9.17) is 0 Å². The summed E-state index contributed by atoms with van der Waals surface area (Å²) in [5, 5.41) is 13.3. The summed E-state index contributed by atoms with van der Waals surface area (Å²) in [6, 6.07) is 18.2. The molecule has 0 radical (unpaired) electrons. The highest BCUT2D eigenvalue weighted by molar-refractivity contribution is 5.77. The van der Waals surface area contributed by atoms with Crippen LogP contribution in [-0.2, 0) is 11.2 Å². The molecule has 2 aliphatic rings. The summed E-state index contributed by atoms with van der Waals surface area (Å²) < 4.78 is 0. The summed E-state index contributed by atoms with van der Waals surface area (Å²) in [5.41, 5.74) is 3.45. The second kappa shape index (κ2) is 8.11. The molecular formula is C22H27N3O2. The maximum atomic E-state index is 12.4. The van der Waals surface area contributed by atoms with Gasteiger partial charge in [-0.3, -0.25) is 9.69 Å². The lowest BCUT2D eigenvalue weighted by Gasteiger charge is -2.36. The van der Waals surface area contributed by atoms with Crippen LogP contribution in [0.25, 0.3) is 0 Å². The Morgan fingerprint density at radius 2 is 1.70 bits per heavy atom. The highest BCUT2D eigenvalue weighted by Gasteiger charge is 2.31. The van der Waals surface area contributed by atoms with Crippen LogP contribution in [0.2, 0.25) is 0 Å². The molecule has 1 aliphatic carbocycles. The van der Waals surface area contributed by atoms with Crippen LogP contribution in [0, 0.1) is 0 Å². The highest BCUT2D eigenvalue weighted by atomic mass is 16.3. The van der Waals surface area contributed by atoms with Crippen LogP contribution in [0.3, 0.4) is 0 Å². The molecule has 1 amide bonds. The van der Waals surface area contributed by atoms with Gasteiger partial charge in [0.1, 0.15) is 0 Å². The minimum atomic E-state index is -0.527. The van der Waals surface area contributed by atoms with Crippen molar-refractivity contribution in [3.05, 3.63) is 65.7 Å². The number of amides is 1. The van der Waals surface area contributed by atoms with Crippen LogP contribution in [0.5, 0.6) is 0 Å². The number of piperazine rings is 1. The van der Waals surface area contributed by atoms with Crippen molar-refractivity contribution in [3.63, 3.8) is 0 Å². The van der Waals surface area contributed by atoms with Gasteiger partial charge in [0.2, 0.25) is 5.91 Å². The molecule has 142 valence electrons. The Morgan fingerprint density at radius 3 is 2.48 bits per heavy atom. The third kappa shape index (κ3) is 4.15. The number of hydrogen-bond donors (Lipinski definition) is 2. The lowest BCUT2D eigenvalue weighted by atomic mass is 10.1. The van der Waals surface area contributed by atoms with Crippen molar-refractivity contribution < 1.29 is 9.90 Å².